The number of fused-ring (bicyclic) bond motifs is 1. The van der Waals surface area contributed by atoms with Gasteiger partial charge in [0.2, 0.25) is 0 Å². The average molecular weight is 304 g/mol. The van der Waals surface area contributed by atoms with Crippen LogP contribution in [0.15, 0.2) is 48.7 Å². The van der Waals surface area contributed by atoms with Gasteiger partial charge in [-0.05, 0) is 37.0 Å². The fourth-order valence-corrected chi connectivity index (χ4v) is 3.89. The van der Waals surface area contributed by atoms with Crippen molar-refractivity contribution in [3.05, 3.63) is 71.2 Å². The van der Waals surface area contributed by atoms with Crippen molar-refractivity contribution in [3.8, 4) is 0 Å². The largest absolute Gasteiger partial charge is 0.303 e. The molecule has 1 aromatic carbocycles. The second-order valence-electron chi connectivity index (χ2n) is 6.88. The van der Waals surface area contributed by atoms with Crippen LogP contribution >= 0.6 is 0 Å². The van der Waals surface area contributed by atoms with Crippen LogP contribution < -0.4 is 0 Å². The lowest BCUT2D eigenvalue weighted by molar-refractivity contribution is 0.436. The molecule has 3 aromatic rings. The summed E-state index contributed by atoms with van der Waals surface area (Å²) in [6, 6.07) is 15.1. The Bertz CT molecular complexity index is 795. The van der Waals surface area contributed by atoms with Gasteiger partial charge in [-0.25, -0.2) is 4.98 Å². The summed E-state index contributed by atoms with van der Waals surface area (Å²) in [6.07, 6.45) is 9.89. The highest BCUT2D eigenvalue weighted by molar-refractivity contribution is 5.46. The Morgan fingerprint density at radius 2 is 1.78 bits per heavy atom. The number of imidazole rings is 1. The molecule has 1 aliphatic rings. The molecule has 0 radical (unpaired) electrons. The fraction of sp³-hybridized carbons (Fsp3) is 0.381. The van der Waals surface area contributed by atoms with Crippen LogP contribution in [-0.2, 0) is 6.42 Å². The maximum Gasteiger partial charge on any atom is 0.137 e. The Morgan fingerprint density at radius 1 is 1.00 bits per heavy atom. The Kier molecular flexibility index (Phi) is 3.90. The minimum atomic E-state index is 0.641. The molecule has 0 unspecified atom stereocenters. The minimum absolute atomic E-state index is 0.641. The maximum absolute atomic E-state index is 5.04. The lowest BCUT2D eigenvalue weighted by Crippen LogP contribution is -2.08. The van der Waals surface area contributed by atoms with Gasteiger partial charge in [0, 0.05) is 18.5 Å². The average Bonchev–Trinajstić information content (AvgIpc) is 2.95. The molecule has 2 heteroatoms. The predicted octanol–water partition coefficient (Wildman–Crippen LogP) is 5.28. The standard InChI is InChI=1S/C21H24N2/c1-16-12-13-20-22-21(18-10-6-3-7-11-18)19(23(20)15-16)14-17-8-4-2-5-9-17/h2,4-5,8-9,12-13,15,18H,3,6-7,10-11,14H2,1H3. The number of aryl methyl sites for hydroxylation is 1. The molecule has 0 saturated heterocycles. The Labute approximate surface area is 138 Å². The zero-order valence-electron chi connectivity index (χ0n) is 13.8. The highest BCUT2D eigenvalue weighted by Crippen LogP contribution is 2.35. The third-order valence-corrected chi connectivity index (χ3v) is 5.10. The van der Waals surface area contributed by atoms with E-state index in [0.717, 1.165) is 12.1 Å². The molecule has 1 fully saturated rings. The van der Waals surface area contributed by atoms with Crippen molar-refractivity contribution < 1.29 is 0 Å². The first kappa shape index (κ1) is 14.5. The molecular formula is C21H24N2. The van der Waals surface area contributed by atoms with Crippen LogP contribution in [0, 0.1) is 6.92 Å². The van der Waals surface area contributed by atoms with Crippen molar-refractivity contribution in [3.63, 3.8) is 0 Å². The Hall–Kier alpha value is -2.09. The molecule has 0 amide bonds. The summed E-state index contributed by atoms with van der Waals surface area (Å²) >= 11 is 0. The molecule has 0 spiro atoms. The number of hydrogen-bond donors (Lipinski definition) is 0. The molecule has 2 heterocycles. The summed E-state index contributed by atoms with van der Waals surface area (Å²) in [7, 11) is 0. The second kappa shape index (κ2) is 6.19. The molecule has 118 valence electrons. The van der Waals surface area contributed by atoms with Gasteiger partial charge in [0.15, 0.2) is 0 Å². The van der Waals surface area contributed by atoms with Gasteiger partial charge in [0.05, 0.1) is 11.4 Å². The summed E-state index contributed by atoms with van der Waals surface area (Å²) in [5.41, 5.74) is 6.50. The van der Waals surface area contributed by atoms with E-state index in [0.29, 0.717) is 5.92 Å². The first-order valence-corrected chi connectivity index (χ1v) is 8.82. The molecule has 1 aliphatic carbocycles. The summed E-state index contributed by atoms with van der Waals surface area (Å²) < 4.78 is 2.33. The van der Waals surface area contributed by atoms with Crippen LogP contribution in [0.1, 0.15) is 60.5 Å². The number of nitrogens with zero attached hydrogens (tertiary/aromatic N) is 2. The number of benzene rings is 1. The molecule has 0 atom stereocenters. The van der Waals surface area contributed by atoms with E-state index in [2.05, 4.69) is 60.0 Å². The van der Waals surface area contributed by atoms with Crippen LogP contribution in [0.2, 0.25) is 0 Å². The summed E-state index contributed by atoms with van der Waals surface area (Å²) in [5, 5.41) is 0. The third-order valence-electron chi connectivity index (χ3n) is 5.10. The van der Waals surface area contributed by atoms with Crippen LogP contribution in [-0.4, -0.2) is 9.38 Å². The maximum atomic E-state index is 5.04. The zero-order chi connectivity index (χ0) is 15.6. The molecule has 1 saturated carbocycles. The van der Waals surface area contributed by atoms with Gasteiger partial charge >= 0.3 is 0 Å². The van der Waals surface area contributed by atoms with Crippen molar-refractivity contribution >= 4 is 5.65 Å². The first-order chi connectivity index (χ1) is 11.3. The number of hydrogen-bond acceptors (Lipinski definition) is 1. The molecule has 0 N–H and O–H groups in total. The van der Waals surface area contributed by atoms with Crippen molar-refractivity contribution in [2.24, 2.45) is 0 Å². The quantitative estimate of drug-likeness (QED) is 0.643. The lowest BCUT2D eigenvalue weighted by Gasteiger charge is -2.21. The highest BCUT2D eigenvalue weighted by atomic mass is 15.0. The topological polar surface area (TPSA) is 17.3 Å². The van der Waals surface area contributed by atoms with E-state index >= 15 is 0 Å². The Balaban J connectivity index is 1.82. The van der Waals surface area contributed by atoms with Gasteiger partial charge in [-0.15, -0.1) is 0 Å². The summed E-state index contributed by atoms with van der Waals surface area (Å²) in [5.74, 6) is 0.641. The number of pyridine rings is 1. The van der Waals surface area contributed by atoms with E-state index in [4.69, 9.17) is 4.98 Å². The SMILES string of the molecule is Cc1ccc2nc(C3CCCCC3)c(Cc3ccccc3)n2c1. The smallest absolute Gasteiger partial charge is 0.137 e. The first-order valence-electron chi connectivity index (χ1n) is 8.82. The van der Waals surface area contributed by atoms with Crippen LogP contribution in [0.25, 0.3) is 5.65 Å². The molecule has 0 bridgehead atoms. The van der Waals surface area contributed by atoms with Crippen molar-refractivity contribution in [2.75, 3.05) is 0 Å². The van der Waals surface area contributed by atoms with E-state index in [-0.39, 0.29) is 0 Å². The van der Waals surface area contributed by atoms with Crippen molar-refractivity contribution in [1.29, 1.82) is 0 Å². The minimum Gasteiger partial charge on any atom is -0.303 e. The highest BCUT2D eigenvalue weighted by Gasteiger charge is 2.23. The van der Waals surface area contributed by atoms with E-state index in [9.17, 15) is 0 Å². The fourth-order valence-electron chi connectivity index (χ4n) is 3.89. The van der Waals surface area contributed by atoms with Gasteiger partial charge in [-0.2, -0.15) is 0 Å². The normalized spacial score (nSPS) is 16.0. The summed E-state index contributed by atoms with van der Waals surface area (Å²) in [4.78, 5) is 5.04. The Morgan fingerprint density at radius 3 is 2.57 bits per heavy atom. The van der Waals surface area contributed by atoms with Crippen LogP contribution in [0.5, 0.6) is 0 Å². The van der Waals surface area contributed by atoms with Gasteiger partial charge in [0.25, 0.3) is 0 Å². The molecule has 23 heavy (non-hydrogen) atoms. The van der Waals surface area contributed by atoms with E-state index in [1.165, 1.54) is 54.6 Å². The van der Waals surface area contributed by atoms with Crippen LogP contribution in [0.4, 0.5) is 0 Å². The lowest BCUT2D eigenvalue weighted by atomic mass is 9.85. The zero-order valence-corrected chi connectivity index (χ0v) is 13.8. The van der Waals surface area contributed by atoms with Crippen LogP contribution in [0.3, 0.4) is 0 Å². The van der Waals surface area contributed by atoms with E-state index in [1.807, 2.05) is 0 Å². The third kappa shape index (κ3) is 2.90. The van der Waals surface area contributed by atoms with Crippen molar-refractivity contribution in [1.82, 2.24) is 9.38 Å². The number of aromatic nitrogens is 2. The van der Waals surface area contributed by atoms with Gasteiger partial charge in [-0.3, -0.25) is 0 Å². The molecule has 0 aliphatic heterocycles. The predicted molar refractivity (Wildman–Crippen MR) is 95.0 cm³/mol. The molecular weight excluding hydrogens is 280 g/mol. The number of rotatable bonds is 3. The van der Waals surface area contributed by atoms with E-state index < -0.39 is 0 Å². The monoisotopic (exact) mass is 304 g/mol. The van der Waals surface area contributed by atoms with Gasteiger partial charge < -0.3 is 4.40 Å². The van der Waals surface area contributed by atoms with E-state index in [1.54, 1.807) is 0 Å². The molecule has 4 rings (SSSR count). The van der Waals surface area contributed by atoms with Gasteiger partial charge in [-0.1, -0.05) is 55.7 Å². The molecule has 2 aromatic heterocycles. The molecule has 2 nitrogen and oxygen atoms in total. The second-order valence-corrected chi connectivity index (χ2v) is 6.88. The van der Waals surface area contributed by atoms with Crippen molar-refractivity contribution in [2.45, 2.75) is 51.4 Å². The van der Waals surface area contributed by atoms with Gasteiger partial charge in [0.1, 0.15) is 5.65 Å². The summed E-state index contributed by atoms with van der Waals surface area (Å²) in [6.45, 7) is 2.16.